The third-order valence-electron chi connectivity index (χ3n) is 3.34. The molecule has 1 aliphatic rings. The van der Waals surface area contributed by atoms with Crippen molar-refractivity contribution >= 4 is 17.4 Å². The summed E-state index contributed by atoms with van der Waals surface area (Å²) in [6.07, 6.45) is 6.67. The first-order valence-electron chi connectivity index (χ1n) is 6.17. The number of hydrogen-bond acceptors (Lipinski definition) is 3. The molecule has 0 saturated heterocycles. The lowest BCUT2D eigenvalue weighted by Crippen LogP contribution is -2.07. The number of nitrogens with two attached hydrogens (primary N) is 1. The Hall–Kier alpha value is -1.14. The highest BCUT2D eigenvalue weighted by molar-refractivity contribution is 8.00. The molecule has 1 saturated carbocycles. The maximum Gasteiger partial charge on any atom is 0.101 e. The van der Waals surface area contributed by atoms with E-state index in [9.17, 15) is 0 Å². The number of aryl methyl sites for hydroxylation is 1. The molecular formula is C14H18N2S. The van der Waals surface area contributed by atoms with Crippen LogP contribution in [0.15, 0.2) is 17.0 Å². The van der Waals surface area contributed by atoms with Gasteiger partial charge in [0.15, 0.2) is 0 Å². The number of nitrogen functional groups attached to an aromatic ring is 1. The predicted octanol–water partition coefficient (Wildman–Crippen LogP) is 3.87. The standard InChI is InChI=1S/C14H18N2S/c1-10-7-13(8-11(9-15)14(10)16)17-12-5-3-2-4-6-12/h7-8,12H,2-6,16H2,1H3. The molecule has 3 heteroatoms. The molecule has 2 rings (SSSR count). The van der Waals surface area contributed by atoms with Crippen LogP contribution in [0.25, 0.3) is 0 Å². The van der Waals surface area contributed by atoms with Gasteiger partial charge in [0.05, 0.1) is 11.3 Å². The monoisotopic (exact) mass is 246 g/mol. The molecule has 0 atom stereocenters. The minimum absolute atomic E-state index is 0.614. The van der Waals surface area contributed by atoms with Gasteiger partial charge in [-0.05, 0) is 37.5 Å². The fourth-order valence-corrected chi connectivity index (χ4v) is 3.69. The SMILES string of the molecule is Cc1cc(SC2CCCCC2)cc(C#N)c1N. The van der Waals surface area contributed by atoms with E-state index in [1.165, 1.54) is 37.0 Å². The largest absolute Gasteiger partial charge is 0.397 e. The molecule has 2 nitrogen and oxygen atoms in total. The van der Waals surface area contributed by atoms with Crippen LogP contribution in [0.1, 0.15) is 43.2 Å². The number of anilines is 1. The van der Waals surface area contributed by atoms with Crippen LogP contribution in [0.5, 0.6) is 0 Å². The maximum absolute atomic E-state index is 9.03. The Labute approximate surface area is 107 Å². The first-order chi connectivity index (χ1) is 8.20. The van der Waals surface area contributed by atoms with E-state index in [0.717, 1.165) is 10.8 Å². The Morgan fingerprint density at radius 1 is 1.29 bits per heavy atom. The van der Waals surface area contributed by atoms with Gasteiger partial charge < -0.3 is 5.73 Å². The molecule has 0 amide bonds. The molecular weight excluding hydrogens is 228 g/mol. The van der Waals surface area contributed by atoms with Crippen LogP contribution in [0.4, 0.5) is 5.69 Å². The molecule has 0 unspecified atom stereocenters. The Balaban J connectivity index is 2.16. The van der Waals surface area contributed by atoms with Crippen molar-refractivity contribution in [1.82, 2.24) is 0 Å². The fourth-order valence-electron chi connectivity index (χ4n) is 2.30. The summed E-state index contributed by atoms with van der Waals surface area (Å²) in [5, 5.41) is 9.75. The van der Waals surface area contributed by atoms with Crippen molar-refractivity contribution in [3.63, 3.8) is 0 Å². The van der Waals surface area contributed by atoms with Crippen molar-refractivity contribution in [3.8, 4) is 6.07 Å². The molecule has 2 N–H and O–H groups in total. The van der Waals surface area contributed by atoms with Crippen LogP contribution in [-0.2, 0) is 0 Å². The highest BCUT2D eigenvalue weighted by Gasteiger charge is 2.15. The van der Waals surface area contributed by atoms with Crippen molar-refractivity contribution in [2.45, 2.75) is 49.2 Å². The molecule has 0 aromatic heterocycles. The zero-order valence-corrected chi connectivity index (χ0v) is 11.0. The third-order valence-corrected chi connectivity index (χ3v) is 4.65. The minimum atomic E-state index is 0.614. The first-order valence-corrected chi connectivity index (χ1v) is 7.05. The van der Waals surface area contributed by atoms with E-state index in [-0.39, 0.29) is 0 Å². The first kappa shape index (κ1) is 12.3. The van der Waals surface area contributed by atoms with Crippen LogP contribution in [-0.4, -0.2) is 5.25 Å². The average molecular weight is 246 g/mol. The molecule has 1 aromatic rings. The zero-order chi connectivity index (χ0) is 12.3. The summed E-state index contributed by atoms with van der Waals surface area (Å²) in [4.78, 5) is 1.19. The normalized spacial score (nSPS) is 16.7. The lowest BCUT2D eigenvalue weighted by atomic mass is 10.0. The molecule has 1 fully saturated rings. The van der Waals surface area contributed by atoms with E-state index in [1.807, 2.05) is 24.8 Å². The maximum atomic E-state index is 9.03. The van der Waals surface area contributed by atoms with E-state index in [4.69, 9.17) is 11.0 Å². The second kappa shape index (κ2) is 5.46. The number of hydrogen-bond donors (Lipinski definition) is 1. The van der Waals surface area contributed by atoms with Crippen LogP contribution < -0.4 is 5.73 Å². The predicted molar refractivity (Wildman–Crippen MR) is 73.0 cm³/mol. The average Bonchev–Trinajstić information content (AvgIpc) is 2.35. The van der Waals surface area contributed by atoms with E-state index < -0.39 is 0 Å². The van der Waals surface area contributed by atoms with E-state index in [2.05, 4.69) is 12.1 Å². The Kier molecular flexibility index (Phi) is 3.96. The lowest BCUT2D eigenvalue weighted by Gasteiger charge is -2.21. The summed E-state index contributed by atoms with van der Waals surface area (Å²) >= 11 is 1.91. The lowest BCUT2D eigenvalue weighted by molar-refractivity contribution is 0.516. The van der Waals surface area contributed by atoms with Gasteiger partial charge in [-0.25, -0.2) is 0 Å². The number of thioether (sulfide) groups is 1. The molecule has 0 radical (unpaired) electrons. The Morgan fingerprint density at radius 2 is 2.00 bits per heavy atom. The summed E-state index contributed by atoms with van der Waals surface area (Å²) in [5.74, 6) is 0. The van der Waals surface area contributed by atoms with Gasteiger partial charge in [-0.3, -0.25) is 0 Å². The van der Waals surface area contributed by atoms with Gasteiger partial charge in [0.1, 0.15) is 6.07 Å². The zero-order valence-electron chi connectivity index (χ0n) is 10.2. The highest BCUT2D eigenvalue weighted by atomic mass is 32.2. The summed E-state index contributed by atoms with van der Waals surface area (Å²) in [6, 6.07) is 6.21. The molecule has 1 aromatic carbocycles. The molecule has 17 heavy (non-hydrogen) atoms. The van der Waals surface area contributed by atoms with Gasteiger partial charge in [-0.1, -0.05) is 19.3 Å². The van der Waals surface area contributed by atoms with Gasteiger partial charge in [-0.2, -0.15) is 5.26 Å². The van der Waals surface area contributed by atoms with Gasteiger partial charge in [0, 0.05) is 10.1 Å². The van der Waals surface area contributed by atoms with Crippen molar-refractivity contribution in [1.29, 1.82) is 5.26 Å². The smallest absolute Gasteiger partial charge is 0.101 e. The number of nitrogens with zero attached hydrogens (tertiary/aromatic N) is 1. The van der Waals surface area contributed by atoms with Crippen LogP contribution >= 0.6 is 11.8 Å². The van der Waals surface area contributed by atoms with Crippen LogP contribution in [0.2, 0.25) is 0 Å². The third kappa shape index (κ3) is 2.95. The second-order valence-electron chi connectivity index (χ2n) is 4.69. The Bertz CT molecular complexity index is 442. The molecule has 1 aliphatic carbocycles. The highest BCUT2D eigenvalue weighted by Crippen LogP contribution is 2.35. The summed E-state index contributed by atoms with van der Waals surface area (Å²) in [5.41, 5.74) is 8.12. The molecule has 0 spiro atoms. The number of nitriles is 1. The number of benzene rings is 1. The number of rotatable bonds is 2. The van der Waals surface area contributed by atoms with Crippen molar-refractivity contribution in [2.75, 3.05) is 5.73 Å². The minimum Gasteiger partial charge on any atom is -0.397 e. The second-order valence-corrected chi connectivity index (χ2v) is 6.06. The van der Waals surface area contributed by atoms with Crippen molar-refractivity contribution < 1.29 is 0 Å². The molecule has 90 valence electrons. The van der Waals surface area contributed by atoms with Crippen LogP contribution in [0, 0.1) is 18.3 Å². The molecule has 0 heterocycles. The summed E-state index contributed by atoms with van der Waals surface area (Å²) in [6.45, 7) is 1.97. The van der Waals surface area contributed by atoms with E-state index >= 15 is 0 Å². The summed E-state index contributed by atoms with van der Waals surface area (Å²) in [7, 11) is 0. The summed E-state index contributed by atoms with van der Waals surface area (Å²) < 4.78 is 0. The molecule has 0 aliphatic heterocycles. The topological polar surface area (TPSA) is 49.8 Å². The van der Waals surface area contributed by atoms with Crippen molar-refractivity contribution in [2.24, 2.45) is 0 Å². The molecule has 0 bridgehead atoms. The quantitative estimate of drug-likeness (QED) is 0.806. The van der Waals surface area contributed by atoms with Crippen LogP contribution in [0.3, 0.4) is 0 Å². The fraction of sp³-hybridized carbons (Fsp3) is 0.500. The van der Waals surface area contributed by atoms with E-state index in [1.54, 1.807) is 0 Å². The van der Waals surface area contributed by atoms with Gasteiger partial charge in [-0.15, -0.1) is 11.8 Å². The van der Waals surface area contributed by atoms with Gasteiger partial charge >= 0.3 is 0 Å². The van der Waals surface area contributed by atoms with Gasteiger partial charge in [0.25, 0.3) is 0 Å². The van der Waals surface area contributed by atoms with Crippen molar-refractivity contribution in [3.05, 3.63) is 23.3 Å². The van der Waals surface area contributed by atoms with Gasteiger partial charge in [0.2, 0.25) is 0 Å². The van der Waals surface area contributed by atoms with E-state index in [0.29, 0.717) is 11.3 Å². The Morgan fingerprint density at radius 3 is 2.65 bits per heavy atom.